The number of benzene rings is 12. The van der Waals surface area contributed by atoms with Crippen molar-refractivity contribution >= 4 is 84.1 Å². The van der Waals surface area contributed by atoms with Crippen LogP contribution in [0.15, 0.2) is 320 Å². The fraction of sp³-hybridized carbons (Fsp3) is 0.234. The predicted octanol–water partition coefficient (Wildman–Crippen LogP) is 21.0. The topological polar surface area (TPSA) is 326 Å². The molecule has 0 saturated heterocycles. The van der Waals surface area contributed by atoms with Gasteiger partial charge in [0, 0.05) is 12.1 Å². The maximum absolute atomic E-state index is 14.1. The third kappa shape index (κ3) is 26.1. The van der Waals surface area contributed by atoms with E-state index in [0.29, 0.717) is 11.1 Å². The zero-order chi connectivity index (χ0) is 95.6. The molecule has 0 aliphatic heterocycles. The first-order valence-corrected chi connectivity index (χ1v) is 49.6. The first kappa shape index (κ1) is 102. The largest absolute Gasteiger partial charge is 0.743 e. The fourth-order valence-electron chi connectivity index (χ4n) is 13.2. The van der Waals surface area contributed by atoms with E-state index in [4.69, 9.17) is 18.9 Å². The maximum Gasteiger partial charge on any atom is 0.369 e. The minimum Gasteiger partial charge on any atom is -0.743 e. The first-order chi connectivity index (χ1) is 59.9. The molecule has 35 heteroatoms. The predicted molar refractivity (Wildman–Crippen MR) is 477 cm³/mol. The quantitative estimate of drug-likeness (QED) is 0.0233. The number of hydrogen-bond donors (Lipinski definition) is 3. The van der Waals surface area contributed by atoms with E-state index >= 15 is 0 Å². The lowest BCUT2D eigenvalue weighted by atomic mass is 10.1. The molecule has 5 atom stereocenters. The minimum absolute atomic E-state index is 0.0110. The molecule has 0 aromatic heterocycles. The Morgan fingerprint density at radius 2 is 0.419 bits per heavy atom. The number of halogens is 8. The summed E-state index contributed by atoms with van der Waals surface area (Å²) in [5, 5.41) is 10.5. The number of aryl methyl sites for hydroxylation is 10. The molecule has 0 aliphatic carbocycles. The van der Waals surface area contributed by atoms with Crippen LogP contribution in [0.1, 0.15) is 83.3 Å². The molecular weight excluding hydrogens is 1840 g/mol. The molecule has 686 valence electrons. The third-order valence-electron chi connectivity index (χ3n) is 19.2. The van der Waals surface area contributed by atoms with Crippen molar-refractivity contribution in [3.8, 4) is 40.2 Å². The van der Waals surface area contributed by atoms with Crippen LogP contribution in [0.3, 0.4) is 0 Å². The Hall–Kier alpha value is -10.3. The van der Waals surface area contributed by atoms with Crippen molar-refractivity contribution in [2.75, 3.05) is 0 Å². The van der Waals surface area contributed by atoms with Crippen LogP contribution in [0, 0.1) is 69.2 Å². The van der Waals surface area contributed by atoms with E-state index in [2.05, 4.69) is 100 Å². The molecule has 0 saturated carbocycles. The van der Waals surface area contributed by atoms with Gasteiger partial charge in [-0.2, -0.15) is 35.1 Å². The van der Waals surface area contributed by atoms with Gasteiger partial charge >= 0.3 is 21.0 Å². The highest BCUT2D eigenvalue weighted by Crippen LogP contribution is 2.43. The van der Waals surface area contributed by atoms with Crippen molar-refractivity contribution in [3.63, 3.8) is 0 Å². The number of phenols is 3. The summed E-state index contributed by atoms with van der Waals surface area (Å²) in [5.74, 6) is 0.529. The lowest BCUT2D eigenvalue weighted by Crippen LogP contribution is -2.43. The summed E-state index contributed by atoms with van der Waals surface area (Å²) in [4.78, 5) is 11.8. The summed E-state index contributed by atoms with van der Waals surface area (Å²) in [5.41, 5.74) is 10.3. The van der Waals surface area contributed by atoms with Crippen LogP contribution in [0.5, 0.6) is 40.2 Å². The lowest BCUT2D eigenvalue weighted by Gasteiger charge is -2.27. The second-order valence-electron chi connectivity index (χ2n) is 30.2. The molecule has 0 heterocycles. The van der Waals surface area contributed by atoms with E-state index in [1.165, 1.54) is 36.4 Å². The molecule has 129 heavy (non-hydrogen) atoms. The van der Waals surface area contributed by atoms with Crippen LogP contribution in [-0.4, -0.2) is 113 Å². The third-order valence-corrected chi connectivity index (χ3v) is 32.0. The number of phenolic OH excluding ortho intramolecular Hbond substituents is 3. The van der Waals surface area contributed by atoms with Gasteiger partial charge in [-0.3, -0.25) is 0 Å². The minimum atomic E-state index is -5.87. The van der Waals surface area contributed by atoms with E-state index in [1.807, 2.05) is 70.2 Å². The van der Waals surface area contributed by atoms with Crippen LogP contribution in [0.2, 0.25) is 0 Å². The lowest BCUT2D eigenvalue weighted by molar-refractivity contribution is -0.0247. The molecule has 12 aromatic rings. The number of ether oxygens (including phenoxy) is 4. The molecular formula is C94H92F8O19S8. The van der Waals surface area contributed by atoms with Crippen molar-refractivity contribution in [2.24, 2.45) is 0 Å². The molecule has 19 nitrogen and oxygen atoms in total. The van der Waals surface area contributed by atoms with E-state index in [-0.39, 0.29) is 40.2 Å². The highest BCUT2D eigenvalue weighted by molar-refractivity contribution is 7.98. The van der Waals surface area contributed by atoms with Crippen LogP contribution in [0.25, 0.3) is 0 Å². The highest BCUT2D eigenvalue weighted by atomic mass is 32.2. The van der Waals surface area contributed by atoms with Gasteiger partial charge in [-0.1, -0.05) is 42.5 Å². The summed E-state index contributed by atoms with van der Waals surface area (Å²) in [6, 6.07) is 77.9. The Balaban J connectivity index is 0.000000194. The molecule has 0 radical (unpaired) electrons. The summed E-state index contributed by atoms with van der Waals surface area (Å²) in [6.07, 6.45) is -8.57. The molecule has 3 N–H and O–H groups in total. The van der Waals surface area contributed by atoms with Crippen LogP contribution < -0.4 is 18.9 Å². The summed E-state index contributed by atoms with van der Waals surface area (Å²) >= 11 is 0. The standard InChI is InChI=1S/C27H30F2O4S2.C25H26F2O4S2.C21H18F2O6S2.C21H18F2O5S2/c1-16-8-17(2)11-23(10-16)34(24-12-18(3)9-19(4)13-24)25-14-20(5)26(21(6)15-25)33-22(7)27(28,29)35(30,31)32;1-16-10-17(2)13-23(12-16)32(24-14-18(3)11-19(4)15-24)22-8-6-21(7-9-22)31-20(5)25(26,27)33(28,29)30;1-14(21(22,23)31(26,27)28)29-17-6-12-20(13-7-17)30(18-8-2-15(24)3-9-18)19-10-4-16(25)5-11-19;1-15(21(22,23)30(25,26)27)28-17-9-13-20(14-10-17)29(18-5-3-2-4-6-18)19-11-7-16(24)8-12-19/h8-15,22H,1-7H3;6-15,20H,1-5H3;2-14H,1H3,(H2-,24,25,26,27,28);2-15H,1H3,(H-,24,25,26,27). The van der Waals surface area contributed by atoms with Gasteiger partial charge in [0.05, 0.1) is 43.6 Å². The van der Waals surface area contributed by atoms with Gasteiger partial charge in [-0.25, -0.2) is 33.7 Å². The van der Waals surface area contributed by atoms with Gasteiger partial charge in [0.25, 0.3) is 0 Å². The number of aromatic hydroxyl groups is 3. The number of hydrogen-bond acceptors (Lipinski definition) is 19. The zero-order valence-electron chi connectivity index (χ0n) is 71.8. The first-order valence-electron chi connectivity index (χ1n) is 39.1. The van der Waals surface area contributed by atoms with Gasteiger partial charge in [0.1, 0.15) is 40.2 Å². The average molecular weight is 1930 g/mol. The number of rotatable bonds is 28. The summed E-state index contributed by atoms with van der Waals surface area (Å²) < 4.78 is 261. The van der Waals surface area contributed by atoms with Gasteiger partial charge in [-0.15, -0.1) is 0 Å². The molecule has 0 aliphatic rings. The van der Waals surface area contributed by atoms with Gasteiger partial charge in [0.15, 0.2) is 124 Å². The second kappa shape index (κ2) is 41.9. The molecule has 0 spiro atoms. The Kier molecular flexibility index (Phi) is 33.3. The summed E-state index contributed by atoms with van der Waals surface area (Å²) in [7, 11) is -25.5. The number of alkyl halides is 8. The molecule has 0 fully saturated rings. The van der Waals surface area contributed by atoms with E-state index in [0.717, 1.165) is 131 Å². The fourth-order valence-corrected chi connectivity index (χ4v) is 24.2. The van der Waals surface area contributed by atoms with Gasteiger partial charge in [-0.05, 0) is 359 Å². The molecule has 0 amide bonds. The van der Waals surface area contributed by atoms with E-state index in [9.17, 15) is 102 Å². The molecule has 0 bridgehead atoms. The maximum atomic E-state index is 14.1. The average Bonchev–Trinajstić information content (AvgIpc) is 0.798. The molecule has 12 aromatic carbocycles. The smallest absolute Gasteiger partial charge is 0.369 e. The van der Waals surface area contributed by atoms with E-state index in [1.54, 1.807) is 123 Å². The summed E-state index contributed by atoms with van der Waals surface area (Å²) in [6.45, 7) is 23.2. The monoisotopic (exact) mass is 1930 g/mol. The Morgan fingerprint density at radius 3 is 0.628 bits per heavy atom. The van der Waals surface area contributed by atoms with Crippen LogP contribution >= 0.6 is 0 Å². The Labute approximate surface area is 757 Å². The van der Waals surface area contributed by atoms with Crippen molar-refractivity contribution < 1.29 is 121 Å². The SMILES string of the molecule is CC(Oc1ccc([S+](c2ccc(O)cc2)c2ccc(O)cc2)cc1)C(F)(F)S(=O)(=O)[O-].CC(Oc1ccc([S+](c2ccccc2)c2ccc(O)cc2)cc1)C(F)(F)S(=O)(=O)[O-].Cc1cc(C)cc([S+](c2cc(C)cc(C)c2)c2cc(C)c(OC(C)C(F)(F)S(=O)(=O)[O-])c(C)c2)c1.Cc1cc(C)cc([S+](c2ccc(OC(C)C(F)(F)S(=O)(=O)[O-])cc2)c2cc(C)cc(C)c2)c1. The second-order valence-corrected chi connectivity index (χ2v) is 44.1. The van der Waals surface area contributed by atoms with Crippen LogP contribution in [0.4, 0.5) is 35.1 Å². The Bertz CT molecular complexity index is 6140. The van der Waals surface area contributed by atoms with Crippen LogP contribution in [-0.2, 0) is 84.1 Å². The highest BCUT2D eigenvalue weighted by Gasteiger charge is 2.50. The van der Waals surface area contributed by atoms with Gasteiger partial charge in [0.2, 0.25) is 0 Å². The molecule has 12 rings (SSSR count). The Morgan fingerprint density at radius 1 is 0.248 bits per heavy atom. The normalized spacial score (nSPS) is 13.4. The molecule has 5 unspecified atom stereocenters. The zero-order valence-corrected chi connectivity index (χ0v) is 78.3. The van der Waals surface area contributed by atoms with Crippen molar-refractivity contribution in [1.82, 2.24) is 0 Å². The van der Waals surface area contributed by atoms with Crippen molar-refractivity contribution in [3.05, 3.63) is 316 Å². The van der Waals surface area contributed by atoms with Crippen molar-refractivity contribution in [1.29, 1.82) is 0 Å². The van der Waals surface area contributed by atoms with E-state index < -0.39 is 129 Å². The van der Waals surface area contributed by atoms with Gasteiger partial charge < -0.3 is 52.5 Å². The van der Waals surface area contributed by atoms with Crippen molar-refractivity contribution in [2.45, 2.75) is 201 Å².